The number of aliphatic hydroxyl groups is 2. The second-order valence-corrected chi connectivity index (χ2v) is 10.1. The molecule has 11 nitrogen and oxygen atoms in total. The van der Waals surface area contributed by atoms with Gasteiger partial charge >= 0.3 is 20.2 Å². The van der Waals surface area contributed by atoms with Gasteiger partial charge in [0.1, 0.15) is 6.04 Å². The molecule has 1 heterocycles. The number of rotatable bonds is 2. The summed E-state index contributed by atoms with van der Waals surface area (Å²) in [5.41, 5.74) is -2.57. The highest BCUT2D eigenvalue weighted by Crippen LogP contribution is 2.54. The van der Waals surface area contributed by atoms with E-state index in [4.69, 9.17) is 0 Å². The van der Waals surface area contributed by atoms with E-state index >= 15 is 0 Å². The summed E-state index contributed by atoms with van der Waals surface area (Å²) in [7, 11) is -12.0. The molecule has 2 aliphatic carbocycles. The molecular weight excluding hydrogens is 442 g/mol. The highest BCUT2D eigenvalue weighted by Gasteiger charge is 2.77. The summed E-state index contributed by atoms with van der Waals surface area (Å²) in [6, 6.07) is 2.96. The Kier molecular flexibility index (Phi) is 4.14. The molecule has 4 atom stereocenters. The Balaban J connectivity index is 2.23. The van der Waals surface area contributed by atoms with Crippen LogP contribution < -0.4 is 0 Å². The van der Waals surface area contributed by atoms with Gasteiger partial charge in [0.2, 0.25) is 0 Å². The van der Waals surface area contributed by atoms with E-state index in [-0.39, 0.29) is 11.1 Å². The van der Waals surface area contributed by atoms with Crippen LogP contribution >= 0.6 is 0 Å². The molecule has 0 amide bonds. The van der Waals surface area contributed by atoms with Gasteiger partial charge in [0, 0.05) is 28.8 Å². The zero-order valence-electron chi connectivity index (χ0n) is 14.7. The Bertz CT molecular complexity index is 1320. The Morgan fingerprint density at radius 3 is 2.00 bits per heavy atom. The molecule has 0 saturated carbocycles. The van der Waals surface area contributed by atoms with Crippen LogP contribution in [0, 0.1) is 5.92 Å². The molecular formula is C17H13NO10S2. The van der Waals surface area contributed by atoms with Crippen molar-refractivity contribution in [1.82, 2.24) is 0 Å². The van der Waals surface area contributed by atoms with E-state index in [2.05, 4.69) is 4.99 Å². The Labute approximate surface area is 169 Å². The summed E-state index contributed by atoms with van der Waals surface area (Å²) in [5.74, 6) is -3.76. The van der Waals surface area contributed by atoms with E-state index in [1.807, 2.05) is 0 Å². The maximum absolute atomic E-state index is 13.2. The van der Waals surface area contributed by atoms with Gasteiger partial charge in [-0.15, -0.1) is 0 Å². The summed E-state index contributed by atoms with van der Waals surface area (Å²) in [5, 5.41) is 22.0. The second kappa shape index (κ2) is 6.00. The lowest BCUT2D eigenvalue weighted by atomic mass is 9.67. The van der Waals surface area contributed by atoms with Crippen molar-refractivity contribution < 1.29 is 45.7 Å². The lowest BCUT2D eigenvalue weighted by Crippen LogP contribution is -2.74. The minimum absolute atomic E-state index is 0.155. The third-order valence-corrected chi connectivity index (χ3v) is 8.19. The molecule has 1 aromatic rings. The third-order valence-electron chi connectivity index (χ3n) is 5.47. The summed E-state index contributed by atoms with van der Waals surface area (Å²) in [6.07, 6.45) is 3.34. The molecule has 0 radical (unpaired) electrons. The molecule has 1 aliphatic heterocycles. The van der Waals surface area contributed by atoms with Crippen molar-refractivity contribution in [2.24, 2.45) is 10.9 Å². The van der Waals surface area contributed by atoms with Crippen LogP contribution in [0.15, 0.2) is 52.6 Å². The van der Waals surface area contributed by atoms with Gasteiger partial charge in [0.15, 0.2) is 11.6 Å². The lowest BCUT2D eigenvalue weighted by molar-refractivity contribution is -0.0591. The number of hydrogen-bond donors (Lipinski definition) is 4. The van der Waals surface area contributed by atoms with Crippen molar-refractivity contribution in [2.75, 3.05) is 0 Å². The van der Waals surface area contributed by atoms with Crippen LogP contribution in [0.4, 0.5) is 0 Å². The van der Waals surface area contributed by atoms with E-state index in [0.717, 1.165) is 18.4 Å². The first-order valence-electron chi connectivity index (χ1n) is 8.30. The SMILES string of the molecule is O=C1C2=C(C(=O)c3ccccc31)[C@@](O)(S(=O)(=O)O)[C@@](O)(S(=O)(=O)O)[C@H]1N=CC=C[C@H]21. The third kappa shape index (κ3) is 2.24. The summed E-state index contributed by atoms with van der Waals surface area (Å²) in [6.45, 7) is 0. The molecule has 158 valence electrons. The zero-order valence-corrected chi connectivity index (χ0v) is 16.3. The highest BCUT2D eigenvalue weighted by molar-refractivity contribution is 7.91. The number of hydrogen-bond acceptors (Lipinski definition) is 9. The number of fused-ring (bicyclic) bond motifs is 3. The largest absolute Gasteiger partial charge is 0.367 e. The molecule has 4 rings (SSSR count). The first kappa shape index (κ1) is 20.7. The molecule has 0 saturated heterocycles. The monoisotopic (exact) mass is 455 g/mol. The highest BCUT2D eigenvalue weighted by atomic mass is 32.2. The van der Waals surface area contributed by atoms with Gasteiger partial charge in [-0.2, -0.15) is 16.8 Å². The van der Waals surface area contributed by atoms with Gasteiger partial charge in [-0.05, 0) is 6.08 Å². The van der Waals surface area contributed by atoms with E-state index in [1.54, 1.807) is 0 Å². The molecule has 0 spiro atoms. The Morgan fingerprint density at radius 1 is 0.900 bits per heavy atom. The summed E-state index contributed by atoms with van der Waals surface area (Å²) >= 11 is 0. The fourth-order valence-electron chi connectivity index (χ4n) is 4.18. The quantitative estimate of drug-likeness (QED) is 0.408. The van der Waals surface area contributed by atoms with Crippen LogP contribution in [0.25, 0.3) is 0 Å². The summed E-state index contributed by atoms with van der Waals surface area (Å²) in [4.78, 5) is 21.5. The Hall–Kier alpha value is -2.55. The summed E-state index contributed by atoms with van der Waals surface area (Å²) < 4.78 is 68.5. The van der Waals surface area contributed by atoms with Gasteiger partial charge in [0.05, 0.1) is 5.57 Å². The number of benzene rings is 1. The minimum atomic E-state index is -6.06. The topological polar surface area (TPSA) is 196 Å². The fourth-order valence-corrected chi connectivity index (χ4v) is 6.73. The number of aliphatic imine (C=N–C) groups is 1. The average molecular weight is 455 g/mol. The molecule has 0 aromatic heterocycles. The van der Waals surface area contributed by atoms with Gasteiger partial charge < -0.3 is 10.2 Å². The molecule has 1 aromatic carbocycles. The Morgan fingerprint density at radius 2 is 1.47 bits per heavy atom. The molecule has 0 fully saturated rings. The number of Topliss-reactive ketones (excluding diaryl/α,β-unsaturated/α-hetero) is 2. The number of ketones is 2. The number of dihydropyridines is 1. The predicted octanol–water partition coefficient (Wildman–Crippen LogP) is -0.846. The number of allylic oxidation sites excluding steroid dienone is 1. The molecule has 13 heteroatoms. The van der Waals surface area contributed by atoms with Crippen molar-refractivity contribution in [3.8, 4) is 0 Å². The number of carbonyl (C=O) groups excluding carboxylic acids is 2. The standard InChI is InChI=1S/C17H13NO10S2/c19-13-8-4-1-2-5-9(8)14(20)12-11(13)10-6-3-7-18-15(10)17(22,30(26,27)28)16(12,21)29(23,24)25/h1-7,10,15,21-22H,(H,23,24,25)(H,26,27,28)/t10-,15+,16-,17+/m1/s1. The van der Waals surface area contributed by atoms with Crippen molar-refractivity contribution in [2.45, 2.75) is 15.9 Å². The van der Waals surface area contributed by atoms with Crippen LogP contribution in [-0.2, 0) is 20.2 Å². The normalized spacial score (nSPS) is 33.2. The average Bonchev–Trinajstić information content (AvgIpc) is 2.67. The second-order valence-electron chi connectivity index (χ2n) is 6.94. The van der Waals surface area contributed by atoms with Crippen LogP contribution in [0.2, 0.25) is 0 Å². The van der Waals surface area contributed by atoms with E-state index in [1.165, 1.54) is 24.3 Å². The van der Waals surface area contributed by atoms with Crippen molar-refractivity contribution >= 4 is 38.0 Å². The smallest absolute Gasteiger partial charge is 0.304 e. The van der Waals surface area contributed by atoms with E-state index in [9.17, 15) is 45.7 Å². The molecule has 30 heavy (non-hydrogen) atoms. The van der Waals surface area contributed by atoms with Crippen LogP contribution in [0.1, 0.15) is 20.7 Å². The van der Waals surface area contributed by atoms with Gasteiger partial charge in [0.25, 0.3) is 9.87 Å². The van der Waals surface area contributed by atoms with Crippen molar-refractivity contribution in [3.05, 3.63) is 58.7 Å². The van der Waals surface area contributed by atoms with Crippen molar-refractivity contribution in [3.63, 3.8) is 0 Å². The molecule has 4 N–H and O–H groups in total. The lowest BCUT2D eigenvalue weighted by Gasteiger charge is -2.50. The van der Waals surface area contributed by atoms with Gasteiger partial charge in [-0.3, -0.25) is 23.7 Å². The zero-order chi connectivity index (χ0) is 22.3. The maximum atomic E-state index is 13.2. The molecule has 3 aliphatic rings. The molecule has 0 bridgehead atoms. The van der Waals surface area contributed by atoms with E-state index < -0.39 is 64.8 Å². The predicted molar refractivity (Wildman–Crippen MR) is 100 cm³/mol. The fraction of sp³-hybridized carbons (Fsp3) is 0.235. The maximum Gasteiger partial charge on any atom is 0.304 e. The van der Waals surface area contributed by atoms with Gasteiger partial charge in [-0.25, -0.2) is 0 Å². The van der Waals surface area contributed by atoms with Crippen LogP contribution in [-0.4, -0.2) is 69.8 Å². The first-order valence-corrected chi connectivity index (χ1v) is 11.2. The van der Waals surface area contributed by atoms with Gasteiger partial charge in [-0.1, -0.05) is 30.3 Å². The minimum Gasteiger partial charge on any atom is -0.367 e. The van der Waals surface area contributed by atoms with E-state index in [0.29, 0.717) is 0 Å². The van der Waals surface area contributed by atoms with Crippen molar-refractivity contribution in [1.29, 1.82) is 0 Å². The number of carbonyl (C=O) groups is 2. The van der Waals surface area contributed by atoms with Crippen LogP contribution in [0.5, 0.6) is 0 Å². The first-order chi connectivity index (χ1) is 13.8. The molecule has 0 unspecified atom stereocenters. The van der Waals surface area contributed by atoms with Crippen LogP contribution in [0.3, 0.4) is 0 Å². The number of nitrogens with zero attached hydrogens (tertiary/aromatic N) is 1.